The molecule has 1 radical (unpaired) electrons. The van der Waals surface area contributed by atoms with Crippen molar-refractivity contribution in [1.29, 1.82) is 0 Å². The molecule has 0 unspecified atom stereocenters. The van der Waals surface area contributed by atoms with Gasteiger partial charge >= 0.3 is 0 Å². The molecule has 1 amide bonds. The number of hydrogen-bond acceptors (Lipinski definition) is 1. The van der Waals surface area contributed by atoms with Crippen LogP contribution in [0.3, 0.4) is 0 Å². The predicted octanol–water partition coefficient (Wildman–Crippen LogP) is 4.91. The highest BCUT2D eigenvalue weighted by Gasteiger charge is 2.17. The van der Waals surface area contributed by atoms with Crippen molar-refractivity contribution in [3.63, 3.8) is 0 Å². The molecule has 3 nitrogen and oxygen atoms in total. The van der Waals surface area contributed by atoms with Gasteiger partial charge in [0, 0.05) is 26.5 Å². The molecule has 0 atom stereocenters. The van der Waals surface area contributed by atoms with Gasteiger partial charge in [0.25, 0.3) is 0 Å². The molecule has 0 saturated carbocycles. The van der Waals surface area contributed by atoms with E-state index in [4.69, 9.17) is 5.73 Å². The Morgan fingerprint density at radius 1 is 1.15 bits per heavy atom. The zero-order valence-corrected chi connectivity index (χ0v) is 16.6. The Kier molecular flexibility index (Phi) is 4.44. The summed E-state index contributed by atoms with van der Waals surface area (Å²) in [4.78, 5) is 12.0. The van der Waals surface area contributed by atoms with E-state index >= 15 is 0 Å². The summed E-state index contributed by atoms with van der Waals surface area (Å²) in [6.45, 7) is 2.87. The summed E-state index contributed by atoms with van der Waals surface area (Å²) < 4.78 is 3.49. The molecule has 0 bridgehead atoms. The van der Waals surface area contributed by atoms with Crippen LogP contribution in [0.1, 0.15) is 28.4 Å². The fourth-order valence-corrected chi connectivity index (χ4v) is 4.03. The number of nitrogens with zero attached hydrogens (tertiary/aromatic N) is 1. The largest absolute Gasteiger partial charge is 0.366 e. The molecule has 4 aromatic rings. The van der Waals surface area contributed by atoms with Crippen LogP contribution in [0, 0.1) is 9.64 Å². The van der Waals surface area contributed by atoms with Crippen LogP contribution in [0.4, 0.5) is 0 Å². The van der Waals surface area contributed by atoms with E-state index in [0.29, 0.717) is 5.56 Å². The first-order valence-corrected chi connectivity index (χ1v) is 9.66. The molecule has 0 fully saturated rings. The lowest BCUT2D eigenvalue weighted by Crippen LogP contribution is -2.11. The summed E-state index contributed by atoms with van der Waals surface area (Å²) in [5.41, 5.74) is 10.8. The number of primary amides is 1. The second-order valence-corrected chi connectivity index (χ2v) is 7.53. The maximum Gasteiger partial charge on any atom is 0.249 e. The Labute approximate surface area is 165 Å². The van der Waals surface area contributed by atoms with Gasteiger partial charge in [-0.1, -0.05) is 37.3 Å². The normalized spacial score (nSPS) is 11.3. The lowest BCUT2D eigenvalue weighted by Gasteiger charge is -2.10. The fraction of sp³-hybridized carbons (Fsp3) is 0.136. The summed E-state index contributed by atoms with van der Waals surface area (Å²) in [5.74, 6) is -0.406. The third kappa shape index (κ3) is 2.78. The summed E-state index contributed by atoms with van der Waals surface area (Å²) >= 11 is 2.37. The van der Waals surface area contributed by atoms with Gasteiger partial charge < -0.3 is 10.3 Å². The van der Waals surface area contributed by atoms with E-state index in [9.17, 15) is 4.79 Å². The molecular weight excluding hydrogens is 435 g/mol. The number of benzene rings is 3. The van der Waals surface area contributed by atoms with E-state index in [2.05, 4.69) is 70.5 Å². The van der Waals surface area contributed by atoms with Gasteiger partial charge in [-0.25, -0.2) is 0 Å². The number of carbonyl (C=O) groups is 1. The van der Waals surface area contributed by atoms with Crippen molar-refractivity contribution in [3.05, 3.63) is 80.9 Å². The molecule has 3 aromatic carbocycles. The SMILES string of the molecule is CCc1c[c]c2c3c(C(N)=O)cccc3n(Cc3ccccc3I)c2c1. The molecule has 0 saturated heterocycles. The molecule has 4 rings (SSSR count). The van der Waals surface area contributed by atoms with E-state index < -0.39 is 5.91 Å². The highest BCUT2D eigenvalue weighted by atomic mass is 127. The number of hydrogen-bond donors (Lipinski definition) is 1. The fourth-order valence-electron chi connectivity index (χ4n) is 3.48. The van der Waals surface area contributed by atoms with Crippen molar-refractivity contribution in [3.8, 4) is 0 Å². The Balaban J connectivity index is 2.07. The van der Waals surface area contributed by atoms with Crippen molar-refractivity contribution in [1.82, 2.24) is 4.57 Å². The zero-order valence-electron chi connectivity index (χ0n) is 14.4. The van der Waals surface area contributed by atoms with Crippen LogP contribution in [0.25, 0.3) is 21.8 Å². The first kappa shape index (κ1) is 17.1. The second kappa shape index (κ2) is 6.76. The number of aryl methyl sites for hydroxylation is 1. The average molecular weight is 453 g/mol. The van der Waals surface area contributed by atoms with Crippen molar-refractivity contribution in [2.24, 2.45) is 5.73 Å². The third-order valence-corrected chi connectivity index (χ3v) is 5.87. The molecular formula is C22H18IN2O. The highest BCUT2D eigenvalue weighted by Crippen LogP contribution is 2.33. The van der Waals surface area contributed by atoms with Gasteiger partial charge in [0.15, 0.2) is 0 Å². The minimum atomic E-state index is -0.406. The monoisotopic (exact) mass is 453 g/mol. The number of halogens is 1. The molecule has 26 heavy (non-hydrogen) atoms. The average Bonchev–Trinajstić information content (AvgIpc) is 2.96. The van der Waals surface area contributed by atoms with Gasteiger partial charge in [-0.3, -0.25) is 4.79 Å². The van der Waals surface area contributed by atoms with Crippen LogP contribution in [0.5, 0.6) is 0 Å². The van der Waals surface area contributed by atoms with E-state index in [-0.39, 0.29) is 0 Å². The third-order valence-electron chi connectivity index (χ3n) is 4.81. The highest BCUT2D eigenvalue weighted by molar-refractivity contribution is 14.1. The topological polar surface area (TPSA) is 48.0 Å². The van der Waals surface area contributed by atoms with Crippen LogP contribution >= 0.6 is 22.6 Å². The lowest BCUT2D eigenvalue weighted by molar-refractivity contribution is 0.100. The minimum Gasteiger partial charge on any atom is -0.366 e. The van der Waals surface area contributed by atoms with Gasteiger partial charge in [0.1, 0.15) is 0 Å². The van der Waals surface area contributed by atoms with Crippen LogP contribution in [0.2, 0.25) is 0 Å². The number of nitrogens with two attached hydrogens (primary N) is 1. The maximum absolute atomic E-state index is 12.0. The van der Waals surface area contributed by atoms with E-state index in [1.165, 1.54) is 14.7 Å². The number of amides is 1. The molecule has 0 aliphatic carbocycles. The Hall–Kier alpha value is -2.34. The molecule has 2 N–H and O–H groups in total. The Morgan fingerprint density at radius 3 is 2.69 bits per heavy atom. The number of carbonyl (C=O) groups excluding carboxylic acids is 1. The first-order valence-electron chi connectivity index (χ1n) is 8.59. The van der Waals surface area contributed by atoms with Gasteiger partial charge in [0.05, 0.1) is 11.0 Å². The number of aromatic nitrogens is 1. The van der Waals surface area contributed by atoms with Gasteiger partial charge in [-0.2, -0.15) is 0 Å². The quantitative estimate of drug-likeness (QED) is 0.439. The molecule has 0 aliphatic heterocycles. The van der Waals surface area contributed by atoms with Gasteiger partial charge in [-0.15, -0.1) is 0 Å². The van der Waals surface area contributed by atoms with Crippen LogP contribution < -0.4 is 5.73 Å². The van der Waals surface area contributed by atoms with Crippen molar-refractivity contribution in [2.45, 2.75) is 19.9 Å². The number of fused-ring (bicyclic) bond motifs is 3. The molecule has 0 aliphatic rings. The van der Waals surface area contributed by atoms with Gasteiger partial charge in [0.2, 0.25) is 5.91 Å². The number of rotatable bonds is 4. The molecule has 0 spiro atoms. The van der Waals surface area contributed by atoms with E-state index in [1.807, 2.05) is 18.2 Å². The molecule has 1 heterocycles. The van der Waals surface area contributed by atoms with Crippen LogP contribution in [-0.4, -0.2) is 10.5 Å². The summed E-state index contributed by atoms with van der Waals surface area (Å²) in [7, 11) is 0. The van der Waals surface area contributed by atoms with Crippen LogP contribution in [-0.2, 0) is 13.0 Å². The lowest BCUT2D eigenvalue weighted by atomic mass is 10.0. The predicted molar refractivity (Wildman–Crippen MR) is 114 cm³/mol. The van der Waals surface area contributed by atoms with Crippen molar-refractivity contribution < 1.29 is 4.79 Å². The first-order chi connectivity index (χ1) is 12.6. The standard InChI is InChI=1S/C22H18IN2O/c1-2-14-10-11-16-20(12-14)25(13-15-6-3-4-8-18(15)23)19-9-5-7-17(21(16)19)22(24)26/h3-10,12H,2,13H2,1H3,(H2,24,26). The minimum absolute atomic E-state index is 0.406. The second-order valence-electron chi connectivity index (χ2n) is 6.36. The smallest absolute Gasteiger partial charge is 0.249 e. The van der Waals surface area contributed by atoms with Crippen molar-refractivity contribution in [2.75, 3.05) is 0 Å². The van der Waals surface area contributed by atoms with Crippen molar-refractivity contribution >= 4 is 50.3 Å². The molecule has 4 heteroatoms. The summed E-state index contributed by atoms with van der Waals surface area (Å²) in [5, 5.41) is 1.85. The Bertz CT molecular complexity index is 1140. The zero-order chi connectivity index (χ0) is 18.3. The van der Waals surface area contributed by atoms with E-state index in [1.54, 1.807) is 6.07 Å². The summed E-state index contributed by atoms with van der Waals surface area (Å²) in [6.07, 6.45) is 0.944. The van der Waals surface area contributed by atoms with Crippen LogP contribution in [0.15, 0.2) is 54.6 Å². The van der Waals surface area contributed by atoms with Gasteiger partial charge in [-0.05, 0) is 70.5 Å². The molecule has 129 valence electrons. The van der Waals surface area contributed by atoms with E-state index in [0.717, 1.165) is 34.8 Å². The molecule has 1 aromatic heterocycles. The maximum atomic E-state index is 12.0. The Morgan fingerprint density at radius 2 is 1.96 bits per heavy atom. The summed E-state index contributed by atoms with van der Waals surface area (Å²) in [6, 6.07) is 21.7.